The molecule has 4 rings (SSSR count). The number of anilines is 2. The predicted molar refractivity (Wildman–Crippen MR) is 89.8 cm³/mol. The van der Waals surface area contributed by atoms with Crippen molar-refractivity contribution in [2.45, 2.75) is 37.8 Å². The lowest BCUT2D eigenvalue weighted by Gasteiger charge is -2.37. The highest BCUT2D eigenvalue weighted by molar-refractivity contribution is 5.63. The third kappa shape index (κ3) is 2.26. The summed E-state index contributed by atoms with van der Waals surface area (Å²) in [4.78, 5) is 2.40. The van der Waals surface area contributed by atoms with Gasteiger partial charge in [0.25, 0.3) is 0 Å². The second kappa shape index (κ2) is 5.03. The van der Waals surface area contributed by atoms with Crippen molar-refractivity contribution in [2.24, 2.45) is 0 Å². The van der Waals surface area contributed by atoms with Crippen molar-refractivity contribution in [3.63, 3.8) is 0 Å². The van der Waals surface area contributed by atoms with E-state index in [4.69, 9.17) is 5.73 Å². The second-order valence-electron chi connectivity index (χ2n) is 6.64. The van der Waals surface area contributed by atoms with Crippen molar-refractivity contribution in [2.75, 3.05) is 17.2 Å². The van der Waals surface area contributed by atoms with Crippen LogP contribution in [0.4, 0.5) is 11.4 Å². The molecule has 114 valence electrons. The molecule has 2 aliphatic rings. The Labute approximate surface area is 131 Å². The van der Waals surface area contributed by atoms with Crippen molar-refractivity contribution < 1.29 is 5.11 Å². The highest BCUT2D eigenvalue weighted by Crippen LogP contribution is 2.41. The van der Waals surface area contributed by atoms with E-state index in [9.17, 15) is 5.11 Å². The van der Waals surface area contributed by atoms with E-state index < -0.39 is 5.60 Å². The van der Waals surface area contributed by atoms with Crippen molar-refractivity contribution in [3.8, 4) is 0 Å². The van der Waals surface area contributed by atoms with Gasteiger partial charge in [-0.25, -0.2) is 0 Å². The van der Waals surface area contributed by atoms with Crippen LogP contribution in [-0.4, -0.2) is 11.7 Å². The topological polar surface area (TPSA) is 49.5 Å². The van der Waals surface area contributed by atoms with Crippen LogP contribution in [0.1, 0.15) is 36.0 Å². The van der Waals surface area contributed by atoms with Crippen LogP contribution in [-0.2, 0) is 18.6 Å². The van der Waals surface area contributed by atoms with E-state index in [-0.39, 0.29) is 0 Å². The second-order valence-corrected chi connectivity index (χ2v) is 6.64. The minimum atomic E-state index is -0.559. The highest BCUT2D eigenvalue weighted by Gasteiger charge is 2.35. The van der Waals surface area contributed by atoms with E-state index in [1.165, 1.54) is 16.8 Å². The van der Waals surface area contributed by atoms with E-state index in [1.807, 2.05) is 6.07 Å². The van der Waals surface area contributed by atoms with Gasteiger partial charge in [0.2, 0.25) is 0 Å². The lowest BCUT2D eigenvalue weighted by molar-refractivity contribution is -0.0388. The van der Waals surface area contributed by atoms with Gasteiger partial charge in [-0.15, -0.1) is 0 Å². The highest BCUT2D eigenvalue weighted by atomic mass is 16.3. The molecule has 0 atom stereocenters. The van der Waals surface area contributed by atoms with Crippen LogP contribution in [0.3, 0.4) is 0 Å². The molecule has 1 saturated carbocycles. The average Bonchev–Trinajstić information content (AvgIpc) is 2.88. The summed E-state index contributed by atoms with van der Waals surface area (Å²) in [7, 11) is 0. The van der Waals surface area contributed by atoms with Gasteiger partial charge in [0.15, 0.2) is 0 Å². The number of rotatable bonds is 3. The molecular formula is C19H22N2O. The number of aliphatic hydroxyl groups is 1. The average molecular weight is 294 g/mol. The monoisotopic (exact) mass is 294 g/mol. The van der Waals surface area contributed by atoms with E-state index in [2.05, 4.69) is 41.3 Å². The Morgan fingerprint density at radius 3 is 2.55 bits per heavy atom. The zero-order valence-electron chi connectivity index (χ0n) is 12.8. The van der Waals surface area contributed by atoms with E-state index in [1.54, 1.807) is 0 Å². The van der Waals surface area contributed by atoms with Gasteiger partial charge in [-0.1, -0.05) is 24.3 Å². The molecule has 3 nitrogen and oxygen atoms in total. The molecule has 0 spiro atoms. The van der Waals surface area contributed by atoms with Crippen molar-refractivity contribution in [3.05, 3.63) is 59.2 Å². The number of hydrogen-bond donors (Lipinski definition) is 2. The molecule has 22 heavy (non-hydrogen) atoms. The normalized spacial score (nSPS) is 18.9. The Hall–Kier alpha value is -2.00. The Morgan fingerprint density at radius 2 is 1.86 bits per heavy atom. The number of nitrogen functional groups attached to an aromatic ring is 1. The number of fused-ring (bicyclic) bond motifs is 1. The zero-order chi connectivity index (χ0) is 15.2. The maximum absolute atomic E-state index is 10.4. The number of benzene rings is 2. The molecule has 1 heterocycles. The molecule has 2 aromatic rings. The standard InChI is InChI=1S/C19H22N2O/c20-17-6-7-18-15(12-17)8-11-21(18)13-14-2-4-16(5-3-14)19(22)9-1-10-19/h2-7,12,22H,1,8-11,13,20H2. The molecule has 2 aromatic carbocycles. The molecule has 0 aromatic heterocycles. The zero-order valence-corrected chi connectivity index (χ0v) is 12.8. The summed E-state index contributed by atoms with van der Waals surface area (Å²) in [6, 6.07) is 14.7. The van der Waals surface area contributed by atoms with Crippen LogP contribution >= 0.6 is 0 Å². The number of hydrogen-bond acceptors (Lipinski definition) is 3. The Balaban J connectivity index is 1.51. The first-order chi connectivity index (χ1) is 10.6. The molecule has 1 aliphatic heterocycles. The van der Waals surface area contributed by atoms with Gasteiger partial charge < -0.3 is 15.7 Å². The summed E-state index contributed by atoms with van der Waals surface area (Å²) < 4.78 is 0. The number of nitrogens with zero attached hydrogens (tertiary/aromatic N) is 1. The largest absolute Gasteiger partial charge is 0.399 e. The van der Waals surface area contributed by atoms with Crippen LogP contribution in [0.2, 0.25) is 0 Å². The Bertz CT molecular complexity index is 689. The smallest absolute Gasteiger partial charge is 0.0896 e. The quantitative estimate of drug-likeness (QED) is 0.855. The molecule has 0 amide bonds. The van der Waals surface area contributed by atoms with Gasteiger partial charge in [0, 0.05) is 24.5 Å². The van der Waals surface area contributed by atoms with Crippen LogP contribution in [0, 0.1) is 0 Å². The first kappa shape index (κ1) is 13.6. The lowest BCUT2D eigenvalue weighted by Crippen LogP contribution is -2.33. The van der Waals surface area contributed by atoms with Crippen LogP contribution in [0.5, 0.6) is 0 Å². The molecule has 1 fully saturated rings. The van der Waals surface area contributed by atoms with E-state index in [0.29, 0.717) is 0 Å². The van der Waals surface area contributed by atoms with Crippen LogP contribution in [0.15, 0.2) is 42.5 Å². The SMILES string of the molecule is Nc1ccc2c(c1)CCN2Cc1ccc(C2(O)CCC2)cc1. The lowest BCUT2D eigenvalue weighted by atomic mass is 9.75. The van der Waals surface area contributed by atoms with Crippen LogP contribution < -0.4 is 10.6 Å². The molecule has 3 N–H and O–H groups in total. The fourth-order valence-corrected chi connectivity index (χ4v) is 3.60. The van der Waals surface area contributed by atoms with E-state index in [0.717, 1.165) is 50.0 Å². The molecule has 0 bridgehead atoms. The molecule has 3 heteroatoms. The van der Waals surface area contributed by atoms with Gasteiger partial charge in [0.05, 0.1) is 5.60 Å². The summed E-state index contributed by atoms with van der Waals surface area (Å²) in [6.07, 6.45) is 3.99. The summed E-state index contributed by atoms with van der Waals surface area (Å²) in [5, 5.41) is 10.4. The fraction of sp³-hybridized carbons (Fsp3) is 0.368. The summed E-state index contributed by atoms with van der Waals surface area (Å²) in [6.45, 7) is 1.96. The maximum Gasteiger partial charge on any atom is 0.0896 e. The fourth-order valence-electron chi connectivity index (χ4n) is 3.60. The Kier molecular flexibility index (Phi) is 3.12. The van der Waals surface area contributed by atoms with Gasteiger partial charge in [-0.05, 0) is 60.6 Å². The minimum absolute atomic E-state index is 0.559. The molecule has 1 aliphatic carbocycles. The molecule has 0 radical (unpaired) electrons. The van der Waals surface area contributed by atoms with Gasteiger partial charge in [-0.2, -0.15) is 0 Å². The minimum Gasteiger partial charge on any atom is -0.399 e. The van der Waals surface area contributed by atoms with Gasteiger partial charge in [-0.3, -0.25) is 0 Å². The first-order valence-corrected chi connectivity index (χ1v) is 8.09. The Morgan fingerprint density at radius 1 is 1.09 bits per heavy atom. The van der Waals surface area contributed by atoms with Crippen LogP contribution in [0.25, 0.3) is 0 Å². The first-order valence-electron chi connectivity index (χ1n) is 8.09. The van der Waals surface area contributed by atoms with Crippen molar-refractivity contribution in [1.82, 2.24) is 0 Å². The third-order valence-corrected chi connectivity index (χ3v) is 5.14. The van der Waals surface area contributed by atoms with Gasteiger partial charge in [0.1, 0.15) is 0 Å². The molecular weight excluding hydrogens is 272 g/mol. The van der Waals surface area contributed by atoms with Crippen molar-refractivity contribution in [1.29, 1.82) is 0 Å². The molecule has 0 saturated heterocycles. The number of nitrogens with two attached hydrogens (primary N) is 1. The summed E-state index contributed by atoms with van der Waals surface area (Å²) in [5.41, 5.74) is 11.2. The van der Waals surface area contributed by atoms with E-state index >= 15 is 0 Å². The molecule has 0 unspecified atom stereocenters. The summed E-state index contributed by atoms with van der Waals surface area (Å²) in [5.74, 6) is 0. The van der Waals surface area contributed by atoms with Crippen molar-refractivity contribution >= 4 is 11.4 Å². The summed E-state index contributed by atoms with van der Waals surface area (Å²) >= 11 is 0. The third-order valence-electron chi connectivity index (χ3n) is 5.14. The predicted octanol–water partition coefficient (Wildman–Crippen LogP) is 3.20. The maximum atomic E-state index is 10.4. The van der Waals surface area contributed by atoms with Gasteiger partial charge >= 0.3 is 0 Å².